The number of rotatable bonds is 5. The van der Waals surface area contributed by atoms with E-state index in [0.29, 0.717) is 30.1 Å². The van der Waals surface area contributed by atoms with Crippen molar-refractivity contribution in [2.75, 3.05) is 5.32 Å². The summed E-state index contributed by atoms with van der Waals surface area (Å²) in [4.78, 5) is 24.9. The average Bonchev–Trinajstić information content (AvgIpc) is 3.38. The standard InChI is InChI=1S/C19H19ClN2O2/c1-13-2-8-16(9-3-13)22-18(24)19(10-11-19)17(23)21-12-14-4-6-15(20)7-5-14/h2-9H,10-12H2,1H3,(H,21,23)(H,22,24). The van der Waals surface area contributed by atoms with Gasteiger partial charge in [-0.05, 0) is 49.6 Å². The van der Waals surface area contributed by atoms with Crippen molar-refractivity contribution in [2.24, 2.45) is 5.41 Å². The fourth-order valence-electron chi connectivity index (χ4n) is 2.52. The first-order valence-electron chi connectivity index (χ1n) is 7.90. The first-order chi connectivity index (χ1) is 11.5. The predicted molar refractivity (Wildman–Crippen MR) is 94.8 cm³/mol. The van der Waals surface area contributed by atoms with Crippen LogP contribution in [0.3, 0.4) is 0 Å². The molecule has 0 aliphatic heterocycles. The van der Waals surface area contributed by atoms with Gasteiger partial charge < -0.3 is 10.6 Å². The smallest absolute Gasteiger partial charge is 0.240 e. The number of anilines is 1. The molecule has 0 unspecified atom stereocenters. The van der Waals surface area contributed by atoms with Crippen LogP contribution in [0.2, 0.25) is 5.02 Å². The van der Waals surface area contributed by atoms with Crippen LogP contribution >= 0.6 is 11.6 Å². The Morgan fingerprint density at radius 1 is 1.00 bits per heavy atom. The third-order valence-corrected chi connectivity index (χ3v) is 4.55. The fourth-order valence-corrected chi connectivity index (χ4v) is 2.65. The molecule has 4 nitrogen and oxygen atoms in total. The molecule has 2 aromatic rings. The summed E-state index contributed by atoms with van der Waals surface area (Å²) in [5, 5.41) is 6.35. The summed E-state index contributed by atoms with van der Waals surface area (Å²) in [5.74, 6) is -0.456. The van der Waals surface area contributed by atoms with Crippen LogP contribution in [-0.2, 0) is 16.1 Å². The summed E-state index contributed by atoms with van der Waals surface area (Å²) < 4.78 is 0. The molecule has 0 spiro atoms. The first kappa shape index (κ1) is 16.5. The Kier molecular flexibility index (Phi) is 4.58. The van der Waals surface area contributed by atoms with Crippen molar-refractivity contribution in [3.63, 3.8) is 0 Å². The van der Waals surface area contributed by atoms with Gasteiger partial charge in [-0.1, -0.05) is 41.4 Å². The molecule has 2 amide bonds. The molecular formula is C19H19ClN2O2. The molecule has 0 atom stereocenters. The number of hydrogen-bond donors (Lipinski definition) is 2. The number of nitrogens with one attached hydrogen (secondary N) is 2. The quantitative estimate of drug-likeness (QED) is 0.814. The third kappa shape index (κ3) is 3.60. The summed E-state index contributed by atoms with van der Waals surface area (Å²) in [5.41, 5.74) is 1.84. The van der Waals surface area contributed by atoms with Crippen LogP contribution in [0.15, 0.2) is 48.5 Å². The largest absolute Gasteiger partial charge is 0.351 e. The van der Waals surface area contributed by atoms with Gasteiger partial charge in [0, 0.05) is 17.3 Å². The monoisotopic (exact) mass is 342 g/mol. The Hall–Kier alpha value is -2.33. The van der Waals surface area contributed by atoms with Gasteiger partial charge in [-0.25, -0.2) is 0 Å². The average molecular weight is 343 g/mol. The molecule has 1 saturated carbocycles. The van der Waals surface area contributed by atoms with E-state index in [1.807, 2.05) is 43.3 Å². The van der Waals surface area contributed by atoms with Crippen molar-refractivity contribution in [3.8, 4) is 0 Å². The van der Waals surface area contributed by atoms with Crippen LogP contribution < -0.4 is 10.6 Å². The van der Waals surface area contributed by atoms with E-state index in [4.69, 9.17) is 11.6 Å². The zero-order valence-corrected chi connectivity index (χ0v) is 14.2. The van der Waals surface area contributed by atoms with E-state index in [9.17, 15) is 9.59 Å². The van der Waals surface area contributed by atoms with Crippen molar-refractivity contribution < 1.29 is 9.59 Å². The van der Waals surface area contributed by atoms with E-state index in [2.05, 4.69) is 10.6 Å². The van der Waals surface area contributed by atoms with E-state index in [-0.39, 0.29) is 11.8 Å². The van der Waals surface area contributed by atoms with E-state index in [0.717, 1.165) is 11.1 Å². The number of hydrogen-bond acceptors (Lipinski definition) is 2. The molecule has 3 rings (SSSR count). The molecule has 124 valence electrons. The maximum atomic E-state index is 12.5. The lowest BCUT2D eigenvalue weighted by Gasteiger charge is -2.15. The minimum atomic E-state index is -0.933. The second-order valence-electron chi connectivity index (χ2n) is 6.21. The molecule has 1 aliphatic carbocycles. The summed E-state index contributed by atoms with van der Waals surface area (Å²) >= 11 is 5.85. The molecule has 5 heteroatoms. The Morgan fingerprint density at radius 2 is 1.62 bits per heavy atom. The second-order valence-corrected chi connectivity index (χ2v) is 6.65. The number of carbonyl (C=O) groups excluding carboxylic acids is 2. The number of halogens is 1. The molecule has 1 aliphatic rings. The van der Waals surface area contributed by atoms with Crippen molar-refractivity contribution in [1.82, 2.24) is 5.32 Å². The van der Waals surface area contributed by atoms with E-state index in [1.54, 1.807) is 12.1 Å². The van der Waals surface area contributed by atoms with E-state index in [1.165, 1.54) is 0 Å². The second kappa shape index (κ2) is 6.65. The fraction of sp³-hybridized carbons (Fsp3) is 0.263. The topological polar surface area (TPSA) is 58.2 Å². The third-order valence-electron chi connectivity index (χ3n) is 4.30. The molecule has 24 heavy (non-hydrogen) atoms. The Morgan fingerprint density at radius 3 is 2.21 bits per heavy atom. The minimum Gasteiger partial charge on any atom is -0.351 e. The number of carbonyl (C=O) groups is 2. The molecular weight excluding hydrogens is 324 g/mol. The van der Waals surface area contributed by atoms with Gasteiger partial charge in [0.05, 0.1) is 0 Å². The zero-order valence-electron chi connectivity index (χ0n) is 13.4. The van der Waals surface area contributed by atoms with Gasteiger partial charge in [0.1, 0.15) is 5.41 Å². The van der Waals surface area contributed by atoms with Crippen molar-refractivity contribution in [1.29, 1.82) is 0 Å². The van der Waals surface area contributed by atoms with Gasteiger partial charge in [-0.2, -0.15) is 0 Å². The van der Waals surface area contributed by atoms with Gasteiger partial charge in [-0.3, -0.25) is 9.59 Å². The lowest BCUT2D eigenvalue weighted by molar-refractivity contribution is -0.134. The summed E-state index contributed by atoms with van der Waals surface area (Å²) in [6.07, 6.45) is 1.16. The Bertz CT molecular complexity index is 750. The van der Waals surface area contributed by atoms with Gasteiger partial charge in [0.25, 0.3) is 0 Å². The minimum absolute atomic E-state index is 0.220. The van der Waals surface area contributed by atoms with Gasteiger partial charge in [0.2, 0.25) is 11.8 Å². The molecule has 2 aromatic carbocycles. The number of benzene rings is 2. The van der Waals surface area contributed by atoms with Crippen molar-refractivity contribution in [2.45, 2.75) is 26.3 Å². The molecule has 0 saturated heterocycles. The van der Waals surface area contributed by atoms with Crippen LogP contribution in [-0.4, -0.2) is 11.8 Å². The van der Waals surface area contributed by atoms with Crippen LogP contribution in [0.25, 0.3) is 0 Å². The van der Waals surface area contributed by atoms with E-state index >= 15 is 0 Å². The molecule has 0 bridgehead atoms. The van der Waals surface area contributed by atoms with Crippen molar-refractivity contribution >= 4 is 29.1 Å². The first-order valence-corrected chi connectivity index (χ1v) is 8.28. The maximum Gasteiger partial charge on any atom is 0.240 e. The van der Waals surface area contributed by atoms with Crippen LogP contribution in [0, 0.1) is 12.3 Å². The predicted octanol–water partition coefficient (Wildman–Crippen LogP) is 3.68. The Labute approximate surface area is 146 Å². The summed E-state index contributed by atoms with van der Waals surface area (Å²) in [6.45, 7) is 2.37. The highest BCUT2D eigenvalue weighted by molar-refractivity contribution is 6.30. The normalized spacial score (nSPS) is 14.8. The highest BCUT2D eigenvalue weighted by Crippen LogP contribution is 2.46. The Balaban J connectivity index is 1.60. The molecule has 1 fully saturated rings. The SMILES string of the molecule is Cc1ccc(NC(=O)C2(C(=O)NCc3ccc(Cl)cc3)CC2)cc1. The van der Waals surface area contributed by atoms with Crippen LogP contribution in [0.1, 0.15) is 24.0 Å². The molecule has 2 N–H and O–H groups in total. The molecule has 0 aromatic heterocycles. The summed E-state index contributed by atoms with van der Waals surface area (Å²) in [6, 6.07) is 14.8. The zero-order chi connectivity index (χ0) is 17.2. The van der Waals surface area contributed by atoms with Crippen LogP contribution in [0.4, 0.5) is 5.69 Å². The highest BCUT2D eigenvalue weighted by atomic mass is 35.5. The molecule has 0 heterocycles. The number of aryl methyl sites for hydroxylation is 1. The van der Waals surface area contributed by atoms with Gasteiger partial charge in [0.15, 0.2) is 0 Å². The van der Waals surface area contributed by atoms with Crippen molar-refractivity contribution in [3.05, 3.63) is 64.7 Å². The van der Waals surface area contributed by atoms with E-state index < -0.39 is 5.41 Å². The highest BCUT2D eigenvalue weighted by Gasteiger charge is 2.56. The lowest BCUT2D eigenvalue weighted by atomic mass is 10.0. The molecule has 0 radical (unpaired) electrons. The lowest BCUT2D eigenvalue weighted by Crippen LogP contribution is -2.39. The maximum absolute atomic E-state index is 12.5. The number of amides is 2. The summed E-state index contributed by atoms with van der Waals surface area (Å²) in [7, 11) is 0. The van der Waals surface area contributed by atoms with Gasteiger partial charge in [-0.15, -0.1) is 0 Å². The van der Waals surface area contributed by atoms with Crippen LogP contribution in [0.5, 0.6) is 0 Å². The van der Waals surface area contributed by atoms with Gasteiger partial charge >= 0.3 is 0 Å².